The summed E-state index contributed by atoms with van der Waals surface area (Å²) in [5.41, 5.74) is 0.487. The Morgan fingerprint density at radius 1 is 1.32 bits per heavy atom. The largest absolute Gasteiger partial charge is 0.435 e. The zero-order valence-electron chi connectivity index (χ0n) is 14.6. The average Bonchev–Trinajstić information content (AvgIpc) is 3.31. The molecule has 28 heavy (non-hydrogen) atoms. The van der Waals surface area contributed by atoms with Gasteiger partial charge in [0, 0.05) is 37.1 Å². The van der Waals surface area contributed by atoms with E-state index in [9.17, 15) is 18.0 Å². The van der Waals surface area contributed by atoms with Crippen LogP contribution in [0.4, 0.5) is 13.2 Å². The molecule has 4 rings (SSSR count). The van der Waals surface area contributed by atoms with Crippen molar-refractivity contribution in [3.05, 3.63) is 46.1 Å². The number of rotatable bonds is 6. The molecule has 1 saturated carbocycles. The number of hydrogen-bond acceptors (Lipinski definition) is 4. The fraction of sp³-hybridized carbons (Fsp3) is 0.412. The minimum absolute atomic E-state index is 0.152. The Hall–Kier alpha value is -2.43. The van der Waals surface area contributed by atoms with Crippen molar-refractivity contribution in [3.8, 4) is 0 Å². The Labute approximate surface area is 166 Å². The normalized spacial score (nSPS) is 14.6. The summed E-state index contributed by atoms with van der Waals surface area (Å²) >= 11 is 3.32. The molecule has 3 heterocycles. The van der Waals surface area contributed by atoms with Crippen molar-refractivity contribution in [3.63, 3.8) is 0 Å². The number of alkyl halides is 3. The van der Waals surface area contributed by atoms with Gasteiger partial charge in [-0.1, -0.05) is 0 Å². The van der Waals surface area contributed by atoms with Crippen LogP contribution in [0, 0.1) is 0 Å². The van der Waals surface area contributed by atoms with E-state index in [1.807, 2.05) is 0 Å². The van der Waals surface area contributed by atoms with E-state index in [2.05, 4.69) is 36.4 Å². The van der Waals surface area contributed by atoms with Crippen LogP contribution in [0.15, 0.2) is 29.0 Å². The van der Waals surface area contributed by atoms with Crippen molar-refractivity contribution in [1.82, 2.24) is 29.7 Å². The van der Waals surface area contributed by atoms with Gasteiger partial charge in [-0.2, -0.15) is 23.4 Å². The quantitative estimate of drug-likeness (QED) is 0.576. The number of aromatic nitrogens is 5. The van der Waals surface area contributed by atoms with E-state index in [0.29, 0.717) is 28.8 Å². The third-order valence-electron chi connectivity index (χ3n) is 4.48. The summed E-state index contributed by atoms with van der Waals surface area (Å²) in [6, 6.07) is 2.84. The van der Waals surface area contributed by atoms with Gasteiger partial charge >= 0.3 is 6.18 Å². The first kappa shape index (κ1) is 18.9. The number of amides is 1. The molecule has 1 amide bonds. The van der Waals surface area contributed by atoms with Crippen LogP contribution in [0.1, 0.15) is 47.1 Å². The second kappa shape index (κ2) is 7.19. The highest BCUT2D eigenvalue weighted by atomic mass is 79.9. The lowest BCUT2D eigenvalue weighted by Crippen LogP contribution is -2.26. The lowest BCUT2D eigenvalue weighted by molar-refractivity contribution is -0.141. The van der Waals surface area contributed by atoms with Gasteiger partial charge in [0.25, 0.3) is 5.91 Å². The highest BCUT2D eigenvalue weighted by Crippen LogP contribution is 2.42. The van der Waals surface area contributed by atoms with Crippen LogP contribution in [-0.4, -0.2) is 36.8 Å². The van der Waals surface area contributed by atoms with E-state index in [1.54, 1.807) is 18.5 Å². The number of hydrogen-bond donors (Lipinski definition) is 1. The van der Waals surface area contributed by atoms with Gasteiger partial charge in [0.15, 0.2) is 17.0 Å². The number of carbonyl (C=O) groups is 1. The first-order chi connectivity index (χ1) is 13.3. The van der Waals surface area contributed by atoms with Crippen LogP contribution >= 0.6 is 15.9 Å². The van der Waals surface area contributed by atoms with Gasteiger partial charge in [-0.05, 0) is 47.3 Å². The van der Waals surface area contributed by atoms with E-state index in [0.717, 1.165) is 18.9 Å². The maximum Gasteiger partial charge on any atom is 0.435 e. The number of nitrogens with one attached hydrogen (secondary N) is 1. The van der Waals surface area contributed by atoms with E-state index >= 15 is 0 Å². The summed E-state index contributed by atoms with van der Waals surface area (Å²) in [6.45, 7) is 0.591. The molecule has 0 radical (unpaired) electrons. The summed E-state index contributed by atoms with van der Waals surface area (Å²) in [5, 5.41) is 10.6. The zero-order chi connectivity index (χ0) is 19.9. The Morgan fingerprint density at radius 2 is 2.11 bits per heavy atom. The van der Waals surface area contributed by atoms with Gasteiger partial charge in [-0.3, -0.25) is 9.48 Å². The van der Waals surface area contributed by atoms with Crippen LogP contribution in [0.5, 0.6) is 0 Å². The topological polar surface area (TPSA) is 77.1 Å². The molecule has 0 aliphatic heterocycles. The smallest absolute Gasteiger partial charge is 0.351 e. The average molecular weight is 457 g/mol. The molecule has 11 heteroatoms. The second-order valence-corrected chi connectivity index (χ2v) is 7.40. The number of fused-ring (bicyclic) bond motifs is 1. The molecule has 0 spiro atoms. The molecule has 0 bridgehead atoms. The molecule has 0 unspecified atom stereocenters. The van der Waals surface area contributed by atoms with Crippen molar-refractivity contribution in [1.29, 1.82) is 0 Å². The maximum absolute atomic E-state index is 12.9. The summed E-state index contributed by atoms with van der Waals surface area (Å²) in [5.74, 6) is -0.226. The van der Waals surface area contributed by atoms with E-state index in [4.69, 9.17) is 0 Å². The molecule has 0 aromatic carbocycles. The molecule has 1 fully saturated rings. The van der Waals surface area contributed by atoms with Crippen molar-refractivity contribution in [2.24, 2.45) is 0 Å². The Balaban J connectivity index is 1.37. The lowest BCUT2D eigenvalue weighted by atomic mass is 10.2. The van der Waals surface area contributed by atoms with Gasteiger partial charge in [0.1, 0.15) is 0 Å². The fourth-order valence-corrected chi connectivity index (χ4v) is 3.52. The predicted molar refractivity (Wildman–Crippen MR) is 96.8 cm³/mol. The van der Waals surface area contributed by atoms with Gasteiger partial charge in [0.05, 0.1) is 4.47 Å². The standard InChI is InChI=1S/C17H16BrF3N6O/c18-13-14(25-27-8-1-5-22-15(13)27)16(28)23-6-2-7-26-11(10-3-4-10)9-12(24-26)17(19,20)21/h1,5,8-10H,2-4,6-7H2,(H,23,28). The molecule has 0 atom stereocenters. The molecule has 1 N–H and O–H groups in total. The van der Waals surface area contributed by atoms with Crippen LogP contribution in [-0.2, 0) is 12.7 Å². The SMILES string of the molecule is O=C(NCCCn1nc(C(F)(F)F)cc1C1CC1)c1nn2cccnc2c1Br. The molecular weight excluding hydrogens is 441 g/mol. The summed E-state index contributed by atoms with van der Waals surface area (Å²) in [7, 11) is 0. The molecule has 0 saturated heterocycles. The van der Waals surface area contributed by atoms with Crippen LogP contribution in [0.3, 0.4) is 0 Å². The molecule has 7 nitrogen and oxygen atoms in total. The molecular formula is C17H16BrF3N6O. The van der Waals surface area contributed by atoms with Crippen LogP contribution < -0.4 is 5.32 Å². The predicted octanol–water partition coefficient (Wildman–Crippen LogP) is 3.40. The lowest BCUT2D eigenvalue weighted by Gasteiger charge is -2.07. The van der Waals surface area contributed by atoms with Crippen molar-refractivity contribution in [2.75, 3.05) is 6.54 Å². The molecule has 3 aromatic heterocycles. The Bertz CT molecular complexity index is 1020. The second-order valence-electron chi connectivity index (χ2n) is 6.61. The highest BCUT2D eigenvalue weighted by Gasteiger charge is 2.37. The fourth-order valence-electron chi connectivity index (χ4n) is 2.97. The minimum Gasteiger partial charge on any atom is -0.351 e. The molecule has 3 aromatic rings. The zero-order valence-corrected chi connectivity index (χ0v) is 16.2. The monoisotopic (exact) mass is 456 g/mol. The number of halogens is 4. The van der Waals surface area contributed by atoms with Gasteiger partial charge in [0.2, 0.25) is 0 Å². The van der Waals surface area contributed by atoms with Crippen molar-refractivity contribution in [2.45, 2.75) is 37.9 Å². The number of aryl methyl sites for hydroxylation is 1. The van der Waals surface area contributed by atoms with Crippen LogP contribution in [0.2, 0.25) is 0 Å². The third kappa shape index (κ3) is 3.75. The maximum atomic E-state index is 12.9. The van der Waals surface area contributed by atoms with Crippen molar-refractivity contribution < 1.29 is 18.0 Å². The third-order valence-corrected chi connectivity index (χ3v) is 5.21. The van der Waals surface area contributed by atoms with Crippen molar-refractivity contribution >= 4 is 27.5 Å². The van der Waals surface area contributed by atoms with E-state index in [-0.39, 0.29) is 24.1 Å². The number of carbonyl (C=O) groups excluding carboxylic acids is 1. The Morgan fingerprint density at radius 3 is 2.79 bits per heavy atom. The first-order valence-electron chi connectivity index (χ1n) is 8.76. The molecule has 1 aliphatic rings. The summed E-state index contributed by atoms with van der Waals surface area (Å²) in [6.07, 6.45) is 1.05. The highest BCUT2D eigenvalue weighted by molar-refractivity contribution is 9.10. The Kier molecular flexibility index (Phi) is 4.86. The van der Waals surface area contributed by atoms with E-state index < -0.39 is 11.9 Å². The first-order valence-corrected chi connectivity index (χ1v) is 9.56. The summed E-state index contributed by atoms with van der Waals surface area (Å²) in [4.78, 5) is 16.5. The van der Waals surface area contributed by atoms with Crippen LogP contribution in [0.25, 0.3) is 5.65 Å². The van der Waals surface area contributed by atoms with Gasteiger partial charge in [-0.15, -0.1) is 0 Å². The molecule has 1 aliphatic carbocycles. The van der Waals surface area contributed by atoms with Gasteiger partial charge in [-0.25, -0.2) is 9.50 Å². The molecule has 148 valence electrons. The summed E-state index contributed by atoms with van der Waals surface area (Å²) < 4.78 is 42.2. The van der Waals surface area contributed by atoms with Gasteiger partial charge < -0.3 is 5.32 Å². The minimum atomic E-state index is -4.45. The number of nitrogens with zero attached hydrogens (tertiary/aromatic N) is 5. The van der Waals surface area contributed by atoms with E-state index in [1.165, 1.54) is 9.20 Å².